The summed E-state index contributed by atoms with van der Waals surface area (Å²) < 4.78 is 5.13. The number of imide groups is 1. The van der Waals surface area contributed by atoms with Gasteiger partial charge in [0.1, 0.15) is 0 Å². The van der Waals surface area contributed by atoms with Gasteiger partial charge in [-0.1, -0.05) is 17.7 Å². The predicted octanol–water partition coefficient (Wildman–Crippen LogP) is 3.36. The number of nitrogens with zero attached hydrogens (tertiary/aromatic N) is 1. The molecule has 2 amide bonds. The van der Waals surface area contributed by atoms with Crippen LogP contribution in [0, 0.1) is 6.92 Å². The number of hydrogen-bond acceptors (Lipinski definition) is 4. The number of aryl methyl sites for hydroxylation is 1. The van der Waals surface area contributed by atoms with Crippen LogP contribution in [0.2, 0.25) is 0 Å². The molecule has 0 radical (unpaired) electrons. The second kappa shape index (κ2) is 5.92. The molecule has 0 atom stereocenters. The van der Waals surface area contributed by atoms with Crippen LogP contribution >= 0.6 is 0 Å². The third kappa shape index (κ3) is 2.69. The first kappa shape index (κ1) is 15.9. The van der Waals surface area contributed by atoms with E-state index >= 15 is 0 Å². The van der Waals surface area contributed by atoms with Crippen LogP contribution in [0.25, 0.3) is 0 Å². The van der Waals surface area contributed by atoms with E-state index in [0.29, 0.717) is 11.3 Å². The first-order chi connectivity index (χ1) is 11.4. The van der Waals surface area contributed by atoms with Crippen molar-refractivity contribution in [1.82, 2.24) is 0 Å². The Labute approximate surface area is 139 Å². The Balaban J connectivity index is 1.97. The first-order valence-corrected chi connectivity index (χ1v) is 7.69. The predicted molar refractivity (Wildman–Crippen MR) is 89.3 cm³/mol. The second-order valence-corrected chi connectivity index (χ2v) is 6.00. The maximum Gasteiger partial charge on any atom is 0.338 e. The van der Waals surface area contributed by atoms with Crippen molar-refractivity contribution in [1.29, 1.82) is 0 Å². The lowest BCUT2D eigenvalue weighted by Gasteiger charge is -2.13. The van der Waals surface area contributed by atoms with Crippen molar-refractivity contribution >= 4 is 23.5 Å². The van der Waals surface area contributed by atoms with Gasteiger partial charge in [0.2, 0.25) is 0 Å². The summed E-state index contributed by atoms with van der Waals surface area (Å²) in [7, 11) is 0. The van der Waals surface area contributed by atoms with Gasteiger partial charge in [0.05, 0.1) is 28.5 Å². The van der Waals surface area contributed by atoms with Crippen LogP contribution in [0.4, 0.5) is 5.69 Å². The molecule has 5 nitrogen and oxygen atoms in total. The number of ether oxygens (including phenoxy) is 1. The minimum atomic E-state index is -0.512. The van der Waals surface area contributed by atoms with Gasteiger partial charge < -0.3 is 4.74 Å². The number of carbonyl (C=O) groups excluding carboxylic acids is 3. The van der Waals surface area contributed by atoms with E-state index < -0.39 is 11.9 Å². The third-order valence-electron chi connectivity index (χ3n) is 3.76. The van der Waals surface area contributed by atoms with Crippen LogP contribution in [0.3, 0.4) is 0 Å². The van der Waals surface area contributed by atoms with Gasteiger partial charge in [0.15, 0.2) is 0 Å². The van der Waals surface area contributed by atoms with Gasteiger partial charge in [-0.15, -0.1) is 0 Å². The molecule has 0 unspecified atom stereocenters. The van der Waals surface area contributed by atoms with Crippen molar-refractivity contribution in [2.45, 2.75) is 26.9 Å². The summed E-state index contributed by atoms with van der Waals surface area (Å²) in [6, 6.07) is 11.6. The topological polar surface area (TPSA) is 63.7 Å². The van der Waals surface area contributed by atoms with Gasteiger partial charge >= 0.3 is 5.97 Å². The minimum Gasteiger partial charge on any atom is -0.459 e. The third-order valence-corrected chi connectivity index (χ3v) is 3.76. The Kier molecular flexibility index (Phi) is 3.93. The monoisotopic (exact) mass is 323 g/mol. The van der Waals surface area contributed by atoms with Crippen molar-refractivity contribution in [3.05, 3.63) is 64.7 Å². The molecule has 0 bridgehead atoms. The molecular weight excluding hydrogens is 306 g/mol. The molecule has 1 aliphatic rings. The average Bonchev–Trinajstić information content (AvgIpc) is 2.79. The molecule has 0 fully saturated rings. The lowest BCUT2D eigenvalue weighted by Crippen LogP contribution is -2.29. The number of rotatable bonds is 3. The van der Waals surface area contributed by atoms with Crippen molar-refractivity contribution in [3.8, 4) is 0 Å². The molecule has 5 heteroatoms. The Morgan fingerprint density at radius 3 is 2.21 bits per heavy atom. The molecule has 24 heavy (non-hydrogen) atoms. The molecule has 0 saturated heterocycles. The quantitative estimate of drug-likeness (QED) is 0.642. The number of hydrogen-bond donors (Lipinski definition) is 0. The van der Waals surface area contributed by atoms with Crippen LogP contribution in [0.5, 0.6) is 0 Å². The molecule has 0 spiro atoms. The summed E-state index contributed by atoms with van der Waals surface area (Å²) in [6.45, 7) is 5.43. The highest BCUT2D eigenvalue weighted by Gasteiger charge is 2.37. The molecule has 0 N–H and O–H groups in total. The van der Waals surface area contributed by atoms with Gasteiger partial charge in [0, 0.05) is 0 Å². The highest BCUT2D eigenvalue weighted by atomic mass is 16.5. The minimum absolute atomic E-state index is 0.221. The number of benzene rings is 2. The van der Waals surface area contributed by atoms with Crippen molar-refractivity contribution < 1.29 is 19.1 Å². The van der Waals surface area contributed by atoms with E-state index in [9.17, 15) is 14.4 Å². The highest BCUT2D eigenvalue weighted by Crippen LogP contribution is 2.29. The number of esters is 1. The molecule has 3 rings (SSSR count). The zero-order valence-corrected chi connectivity index (χ0v) is 13.7. The highest BCUT2D eigenvalue weighted by molar-refractivity contribution is 6.34. The van der Waals surface area contributed by atoms with E-state index in [1.807, 2.05) is 19.1 Å². The van der Waals surface area contributed by atoms with Gasteiger partial charge in [-0.2, -0.15) is 0 Å². The molecule has 2 aromatic rings. The van der Waals surface area contributed by atoms with Crippen molar-refractivity contribution in [2.75, 3.05) is 4.90 Å². The molecule has 122 valence electrons. The molecular formula is C19H17NO4. The van der Waals surface area contributed by atoms with Crippen LogP contribution in [-0.2, 0) is 4.74 Å². The van der Waals surface area contributed by atoms with E-state index in [1.54, 1.807) is 26.0 Å². The van der Waals surface area contributed by atoms with Gasteiger partial charge in [-0.05, 0) is 51.1 Å². The Morgan fingerprint density at radius 2 is 1.58 bits per heavy atom. The molecule has 0 saturated carbocycles. The molecule has 1 heterocycles. The zero-order valence-electron chi connectivity index (χ0n) is 13.7. The maximum atomic E-state index is 12.6. The van der Waals surface area contributed by atoms with E-state index in [2.05, 4.69) is 0 Å². The average molecular weight is 323 g/mol. The Morgan fingerprint density at radius 1 is 0.958 bits per heavy atom. The maximum absolute atomic E-state index is 12.6. The van der Waals surface area contributed by atoms with Crippen LogP contribution in [0.15, 0.2) is 42.5 Å². The van der Waals surface area contributed by atoms with Crippen LogP contribution in [-0.4, -0.2) is 23.9 Å². The summed E-state index contributed by atoms with van der Waals surface area (Å²) in [6.07, 6.45) is -0.257. The van der Waals surface area contributed by atoms with E-state index in [-0.39, 0.29) is 23.1 Å². The SMILES string of the molecule is Cc1ccc(N2C(=O)c3ccc(C(=O)OC(C)C)cc3C2=O)cc1. The smallest absolute Gasteiger partial charge is 0.338 e. The van der Waals surface area contributed by atoms with Gasteiger partial charge in [-0.25, -0.2) is 9.69 Å². The van der Waals surface area contributed by atoms with Gasteiger partial charge in [-0.3, -0.25) is 9.59 Å². The molecule has 0 aliphatic carbocycles. The number of fused-ring (bicyclic) bond motifs is 1. The van der Waals surface area contributed by atoms with Crippen LogP contribution < -0.4 is 4.90 Å². The zero-order chi connectivity index (χ0) is 17.4. The normalized spacial score (nSPS) is 13.4. The summed E-state index contributed by atoms with van der Waals surface area (Å²) >= 11 is 0. The largest absolute Gasteiger partial charge is 0.459 e. The van der Waals surface area contributed by atoms with Crippen LogP contribution in [0.1, 0.15) is 50.5 Å². The lowest BCUT2D eigenvalue weighted by atomic mass is 10.1. The molecule has 1 aliphatic heterocycles. The number of carbonyl (C=O) groups is 3. The molecule has 0 aromatic heterocycles. The fourth-order valence-electron chi connectivity index (χ4n) is 2.58. The van der Waals surface area contributed by atoms with E-state index in [1.165, 1.54) is 18.2 Å². The van der Waals surface area contributed by atoms with E-state index in [4.69, 9.17) is 4.74 Å². The fraction of sp³-hybridized carbons (Fsp3) is 0.211. The summed E-state index contributed by atoms with van der Waals surface area (Å²) in [5.74, 6) is -1.33. The summed E-state index contributed by atoms with van der Waals surface area (Å²) in [4.78, 5) is 38.3. The summed E-state index contributed by atoms with van der Waals surface area (Å²) in [5.41, 5.74) is 2.32. The number of amides is 2. The number of anilines is 1. The molecule has 2 aromatic carbocycles. The van der Waals surface area contributed by atoms with Crippen molar-refractivity contribution in [2.24, 2.45) is 0 Å². The van der Waals surface area contributed by atoms with Gasteiger partial charge in [0.25, 0.3) is 11.8 Å². The summed E-state index contributed by atoms with van der Waals surface area (Å²) in [5, 5.41) is 0. The van der Waals surface area contributed by atoms with E-state index in [0.717, 1.165) is 10.5 Å². The fourth-order valence-corrected chi connectivity index (χ4v) is 2.58. The lowest BCUT2D eigenvalue weighted by molar-refractivity contribution is 0.0377. The first-order valence-electron chi connectivity index (χ1n) is 7.69. The Hall–Kier alpha value is -2.95. The Bertz CT molecular complexity index is 837. The van der Waals surface area contributed by atoms with Crippen molar-refractivity contribution in [3.63, 3.8) is 0 Å². The second-order valence-electron chi connectivity index (χ2n) is 6.00. The standard InChI is InChI=1S/C19H17NO4/c1-11(2)24-19(23)13-6-9-15-16(10-13)18(22)20(17(15)21)14-7-4-12(3)5-8-14/h4-11H,1-3H3.